The molecule has 0 radical (unpaired) electrons. The largest absolute Gasteiger partial charge is 0.497 e. The molecule has 1 aliphatic heterocycles. The number of aryl methyl sites for hydroxylation is 1. The molecule has 0 aliphatic carbocycles. The molecule has 2 aromatic rings. The highest BCUT2D eigenvalue weighted by Crippen LogP contribution is 2.28. The van der Waals surface area contributed by atoms with Crippen LogP contribution in [-0.4, -0.2) is 42.5 Å². The van der Waals surface area contributed by atoms with Crippen molar-refractivity contribution in [3.8, 4) is 5.75 Å². The lowest BCUT2D eigenvalue weighted by Crippen LogP contribution is -2.34. The molecule has 4 heteroatoms. The molecule has 2 heterocycles. The predicted molar refractivity (Wildman–Crippen MR) is 98.1 cm³/mol. The highest BCUT2D eigenvalue weighted by Gasteiger charge is 2.17. The molecule has 1 fully saturated rings. The predicted octanol–water partition coefficient (Wildman–Crippen LogP) is 3.89. The summed E-state index contributed by atoms with van der Waals surface area (Å²) in [5.74, 6) is 1.67. The van der Waals surface area contributed by atoms with E-state index in [2.05, 4.69) is 22.5 Å². The number of likely N-dealkylation sites (tertiary alicyclic amines) is 1. The third-order valence-corrected chi connectivity index (χ3v) is 5.43. The van der Waals surface area contributed by atoms with Gasteiger partial charge in [-0.3, -0.25) is 4.79 Å². The molecule has 0 bridgehead atoms. The van der Waals surface area contributed by atoms with Crippen LogP contribution in [0, 0.1) is 12.8 Å². The van der Waals surface area contributed by atoms with E-state index in [1.165, 1.54) is 25.9 Å². The summed E-state index contributed by atoms with van der Waals surface area (Å²) in [5.41, 5.74) is 2.97. The zero-order valence-electron chi connectivity index (χ0n) is 15.0. The van der Waals surface area contributed by atoms with E-state index in [1.54, 1.807) is 7.11 Å². The SMILES string of the molecule is COc1ccc2c(c1)c(C=O)c(C)n2CCCN1CCC(C)CC1. The Hall–Kier alpha value is -1.81. The van der Waals surface area contributed by atoms with Gasteiger partial charge in [-0.2, -0.15) is 0 Å². The van der Waals surface area contributed by atoms with Gasteiger partial charge in [-0.05, 0) is 69.9 Å². The second kappa shape index (κ2) is 7.39. The Bertz CT molecular complexity index is 712. The van der Waals surface area contributed by atoms with Crippen LogP contribution < -0.4 is 4.74 Å². The van der Waals surface area contributed by atoms with Crippen molar-refractivity contribution in [1.29, 1.82) is 0 Å². The number of carbonyl (C=O) groups is 1. The summed E-state index contributed by atoms with van der Waals surface area (Å²) in [6, 6.07) is 6.00. The van der Waals surface area contributed by atoms with Gasteiger partial charge in [0.1, 0.15) is 5.75 Å². The molecule has 0 N–H and O–H groups in total. The molecule has 1 saturated heterocycles. The van der Waals surface area contributed by atoms with Crippen molar-refractivity contribution in [3.05, 3.63) is 29.5 Å². The Kier molecular flexibility index (Phi) is 5.24. The molecule has 130 valence electrons. The first-order chi connectivity index (χ1) is 11.6. The third-order valence-electron chi connectivity index (χ3n) is 5.43. The summed E-state index contributed by atoms with van der Waals surface area (Å²) in [4.78, 5) is 14.1. The molecule has 1 aromatic carbocycles. The van der Waals surface area contributed by atoms with Crippen molar-refractivity contribution in [3.63, 3.8) is 0 Å². The average Bonchev–Trinajstić information content (AvgIpc) is 2.87. The maximum atomic E-state index is 11.5. The first kappa shape index (κ1) is 17.0. The lowest BCUT2D eigenvalue weighted by molar-refractivity contribution is 0.112. The molecule has 1 aliphatic rings. The van der Waals surface area contributed by atoms with Gasteiger partial charge in [-0.25, -0.2) is 0 Å². The summed E-state index contributed by atoms with van der Waals surface area (Å²) in [6.07, 6.45) is 4.73. The molecule has 1 aromatic heterocycles. The van der Waals surface area contributed by atoms with E-state index in [1.807, 2.05) is 19.1 Å². The number of nitrogens with zero attached hydrogens (tertiary/aromatic N) is 2. The fourth-order valence-electron chi connectivity index (χ4n) is 3.79. The number of aromatic nitrogens is 1. The van der Waals surface area contributed by atoms with Crippen LogP contribution in [0.5, 0.6) is 5.75 Å². The van der Waals surface area contributed by atoms with E-state index in [-0.39, 0.29) is 0 Å². The van der Waals surface area contributed by atoms with Gasteiger partial charge in [0.25, 0.3) is 0 Å². The quantitative estimate of drug-likeness (QED) is 0.755. The van der Waals surface area contributed by atoms with E-state index in [0.717, 1.165) is 59.6 Å². The molecule has 0 saturated carbocycles. The third kappa shape index (κ3) is 3.34. The molecule has 0 amide bonds. The topological polar surface area (TPSA) is 34.5 Å². The summed E-state index contributed by atoms with van der Waals surface area (Å²) >= 11 is 0. The molecule has 0 atom stereocenters. The number of hydrogen-bond acceptors (Lipinski definition) is 3. The van der Waals surface area contributed by atoms with Gasteiger partial charge >= 0.3 is 0 Å². The number of aldehydes is 1. The Morgan fingerprint density at radius 2 is 2.00 bits per heavy atom. The van der Waals surface area contributed by atoms with Crippen molar-refractivity contribution >= 4 is 17.2 Å². The summed E-state index contributed by atoms with van der Waals surface area (Å²) < 4.78 is 7.59. The monoisotopic (exact) mass is 328 g/mol. The minimum absolute atomic E-state index is 0.788. The maximum absolute atomic E-state index is 11.5. The van der Waals surface area contributed by atoms with Crippen molar-refractivity contribution < 1.29 is 9.53 Å². The van der Waals surface area contributed by atoms with Crippen molar-refractivity contribution in [2.45, 2.75) is 39.7 Å². The molecule has 3 rings (SSSR count). The van der Waals surface area contributed by atoms with Crippen LogP contribution in [0.25, 0.3) is 10.9 Å². The van der Waals surface area contributed by atoms with E-state index in [4.69, 9.17) is 4.74 Å². The standard InChI is InChI=1S/C20H28N2O2/c1-15-7-11-21(12-8-15)9-4-10-22-16(2)19(14-23)18-13-17(24-3)5-6-20(18)22/h5-6,13-15H,4,7-12H2,1-3H3. The summed E-state index contributed by atoms with van der Waals surface area (Å²) in [7, 11) is 1.66. The second-order valence-corrected chi connectivity index (χ2v) is 7.03. The van der Waals surface area contributed by atoms with Crippen LogP contribution >= 0.6 is 0 Å². The van der Waals surface area contributed by atoms with Crippen molar-refractivity contribution in [2.75, 3.05) is 26.7 Å². The van der Waals surface area contributed by atoms with Crippen molar-refractivity contribution in [2.24, 2.45) is 5.92 Å². The van der Waals surface area contributed by atoms with Gasteiger partial charge in [-0.1, -0.05) is 6.92 Å². The number of carbonyl (C=O) groups excluding carboxylic acids is 1. The lowest BCUT2D eigenvalue weighted by Gasteiger charge is -2.30. The molecule has 24 heavy (non-hydrogen) atoms. The van der Waals surface area contributed by atoms with Gasteiger partial charge in [0.2, 0.25) is 0 Å². The van der Waals surface area contributed by atoms with Gasteiger partial charge in [-0.15, -0.1) is 0 Å². The van der Waals surface area contributed by atoms with Crippen LogP contribution in [0.1, 0.15) is 42.2 Å². The number of methoxy groups -OCH3 is 1. The Labute approximate surface area is 144 Å². The second-order valence-electron chi connectivity index (χ2n) is 7.03. The number of ether oxygens (including phenoxy) is 1. The Morgan fingerprint density at radius 3 is 2.67 bits per heavy atom. The van der Waals surface area contributed by atoms with Crippen LogP contribution in [0.15, 0.2) is 18.2 Å². The van der Waals surface area contributed by atoms with E-state index in [9.17, 15) is 4.79 Å². The first-order valence-electron chi connectivity index (χ1n) is 8.98. The fourth-order valence-corrected chi connectivity index (χ4v) is 3.79. The van der Waals surface area contributed by atoms with Crippen LogP contribution in [0.3, 0.4) is 0 Å². The zero-order valence-corrected chi connectivity index (χ0v) is 15.0. The Morgan fingerprint density at radius 1 is 1.25 bits per heavy atom. The van der Waals surface area contributed by atoms with Gasteiger partial charge in [0.15, 0.2) is 6.29 Å². The van der Waals surface area contributed by atoms with Gasteiger partial charge in [0.05, 0.1) is 7.11 Å². The molecular weight excluding hydrogens is 300 g/mol. The molecular formula is C20H28N2O2. The van der Waals surface area contributed by atoms with Gasteiger partial charge < -0.3 is 14.2 Å². The van der Waals surface area contributed by atoms with Crippen LogP contribution in [0.4, 0.5) is 0 Å². The maximum Gasteiger partial charge on any atom is 0.152 e. The number of fused-ring (bicyclic) bond motifs is 1. The Balaban J connectivity index is 1.74. The minimum Gasteiger partial charge on any atom is -0.497 e. The minimum atomic E-state index is 0.788. The number of rotatable bonds is 6. The number of piperidine rings is 1. The van der Waals surface area contributed by atoms with E-state index >= 15 is 0 Å². The van der Waals surface area contributed by atoms with E-state index in [0.29, 0.717) is 0 Å². The van der Waals surface area contributed by atoms with E-state index < -0.39 is 0 Å². The van der Waals surface area contributed by atoms with Gasteiger partial charge in [0, 0.05) is 28.7 Å². The highest BCUT2D eigenvalue weighted by molar-refractivity contribution is 6.00. The van der Waals surface area contributed by atoms with Crippen LogP contribution in [0.2, 0.25) is 0 Å². The smallest absolute Gasteiger partial charge is 0.152 e. The zero-order chi connectivity index (χ0) is 17.1. The fraction of sp³-hybridized carbons (Fsp3) is 0.550. The number of benzene rings is 1. The normalized spacial score (nSPS) is 16.6. The average molecular weight is 328 g/mol. The van der Waals surface area contributed by atoms with Crippen molar-refractivity contribution in [1.82, 2.24) is 9.47 Å². The molecule has 0 spiro atoms. The number of hydrogen-bond donors (Lipinski definition) is 0. The summed E-state index contributed by atoms with van der Waals surface area (Å²) in [6.45, 7) is 8.93. The molecule has 4 nitrogen and oxygen atoms in total. The lowest BCUT2D eigenvalue weighted by atomic mass is 9.99. The molecule has 0 unspecified atom stereocenters. The highest BCUT2D eigenvalue weighted by atomic mass is 16.5. The first-order valence-corrected chi connectivity index (χ1v) is 8.98. The summed E-state index contributed by atoms with van der Waals surface area (Å²) in [5, 5.41) is 0.994. The van der Waals surface area contributed by atoms with Crippen LogP contribution in [-0.2, 0) is 6.54 Å².